The molecular formula is C12H15BF10O2S2. The van der Waals surface area contributed by atoms with Crippen molar-refractivity contribution < 1.29 is 48.2 Å². The Hall–Kier alpha value is -0.795. The summed E-state index contributed by atoms with van der Waals surface area (Å²) in [4.78, 5) is -6.21. The molecule has 1 aromatic rings. The molecule has 1 saturated heterocycles. The van der Waals surface area contributed by atoms with Crippen molar-refractivity contribution in [2.24, 2.45) is 0 Å². The van der Waals surface area contributed by atoms with Gasteiger partial charge in [0, 0.05) is 0 Å². The molecule has 1 fully saturated rings. The molecule has 0 bridgehead atoms. The van der Waals surface area contributed by atoms with E-state index in [-0.39, 0.29) is 12.1 Å². The molecule has 0 radical (unpaired) electrons. The van der Waals surface area contributed by atoms with E-state index in [1.54, 1.807) is 0 Å². The maximum absolute atomic E-state index is 13.1. The summed E-state index contributed by atoms with van der Waals surface area (Å²) >= 11 is 0. The van der Waals surface area contributed by atoms with Crippen LogP contribution in [0.5, 0.6) is 0 Å². The van der Waals surface area contributed by atoms with Crippen molar-refractivity contribution in [3.63, 3.8) is 0 Å². The maximum Gasteiger partial charge on any atom is 0.494 e. The molecule has 0 amide bonds. The molecule has 0 N–H and O–H groups in total. The third-order valence-electron chi connectivity index (χ3n) is 4.32. The van der Waals surface area contributed by atoms with Crippen LogP contribution < -0.4 is 5.46 Å². The van der Waals surface area contributed by atoms with Gasteiger partial charge in [0.25, 0.3) is 0 Å². The number of halogens is 10. The third kappa shape index (κ3) is 4.62. The van der Waals surface area contributed by atoms with E-state index in [2.05, 4.69) is 0 Å². The fourth-order valence-corrected chi connectivity index (χ4v) is 3.65. The molecule has 1 heterocycles. The summed E-state index contributed by atoms with van der Waals surface area (Å²) in [6, 6.07) is -2.01. The number of benzene rings is 1. The Morgan fingerprint density at radius 2 is 0.926 bits per heavy atom. The number of rotatable bonds is 3. The van der Waals surface area contributed by atoms with Crippen LogP contribution in [-0.2, 0) is 9.31 Å². The predicted molar refractivity (Wildman–Crippen MR) is 85.0 cm³/mol. The summed E-state index contributed by atoms with van der Waals surface area (Å²) in [5, 5.41) is 0. The van der Waals surface area contributed by atoms with Gasteiger partial charge in [0.1, 0.15) is 9.79 Å². The second-order valence-corrected chi connectivity index (χ2v) is 12.1. The largest absolute Gasteiger partial charge is 0.494 e. The first kappa shape index (κ1) is 22.5. The highest BCUT2D eigenvalue weighted by molar-refractivity contribution is 8.46. The molecule has 0 unspecified atom stereocenters. The van der Waals surface area contributed by atoms with Crippen LogP contribution in [0.15, 0.2) is 28.0 Å². The molecule has 27 heavy (non-hydrogen) atoms. The van der Waals surface area contributed by atoms with Crippen LogP contribution in [0.1, 0.15) is 27.7 Å². The lowest BCUT2D eigenvalue weighted by molar-refractivity contribution is 0.00578. The SMILES string of the molecule is CC1(C)OB(c2cc(S(F)(F)(F)(F)F)cc(S(F)(F)(F)(F)F)c2)OC1(C)C. The molecule has 160 valence electrons. The van der Waals surface area contributed by atoms with Crippen LogP contribution in [0.25, 0.3) is 0 Å². The summed E-state index contributed by atoms with van der Waals surface area (Å²) in [6.07, 6.45) is 0. The van der Waals surface area contributed by atoms with E-state index in [9.17, 15) is 38.9 Å². The van der Waals surface area contributed by atoms with E-state index in [0.29, 0.717) is 0 Å². The Morgan fingerprint density at radius 1 is 0.630 bits per heavy atom. The monoisotopic (exact) mass is 456 g/mol. The maximum atomic E-state index is 13.1. The second kappa shape index (κ2) is 4.36. The van der Waals surface area contributed by atoms with Crippen molar-refractivity contribution in [2.45, 2.75) is 48.7 Å². The summed E-state index contributed by atoms with van der Waals surface area (Å²) in [5.41, 5.74) is -3.78. The second-order valence-electron chi connectivity index (χ2n) is 7.26. The molecule has 0 aromatic heterocycles. The van der Waals surface area contributed by atoms with Crippen molar-refractivity contribution in [3.8, 4) is 0 Å². The molecule has 0 spiro atoms. The van der Waals surface area contributed by atoms with Crippen LogP contribution in [-0.4, -0.2) is 18.3 Å². The van der Waals surface area contributed by atoms with E-state index in [4.69, 9.17) is 9.31 Å². The molecule has 2 rings (SSSR count). The van der Waals surface area contributed by atoms with Gasteiger partial charge in [-0.15, -0.1) is 0 Å². The van der Waals surface area contributed by atoms with E-state index < -0.39 is 60.1 Å². The minimum atomic E-state index is -10.7. The molecule has 2 nitrogen and oxygen atoms in total. The summed E-state index contributed by atoms with van der Waals surface area (Å²) in [7, 11) is -23.4. The Morgan fingerprint density at radius 3 is 1.19 bits per heavy atom. The van der Waals surface area contributed by atoms with Gasteiger partial charge >= 0.3 is 27.6 Å². The van der Waals surface area contributed by atoms with E-state index in [0.717, 1.165) is 0 Å². The van der Waals surface area contributed by atoms with Gasteiger partial charge in [0.2, 0.25) is 0 Å². The number of hydrogen-bond donors (Lipinski definition) is 0. The molecule has 15 heteroatoms. The van der Waals surface area contributed by atoms with Crippen molar-refractivity contribution in [2.75, 3.05) is 0 Å². The van der Waals surface area contributed by atoms with Crippen LogP contribution >= 0.6 is 20.4 Å². The Kier molecular flexibility index (Phi) is 3.63. The highest BCUT2D eigenvalue weighted by Gasteiger charge is 2.70. The molecule has 0 atom stereocenters. The zero-order valence-corrected chi connectivity index (χ0v) is 15.9. The van der Waals surface area contributed by atoms with Crippen molar-refractivity contribution in [1.29, 1.82) is 0 Å². The first-order valence-corrected chi connectivity index (χ1v) is 11.0. The Bertz CT molecular complexity index is 751. The minimum Gasteiger partial charge on any atom is -0.399 e. The van der Waals surface area contributed by atoms with Gasteiger partial charge in [-0.1, -0.05) is 38.9 Å². The van der Waals surface area contributed by atoms with Gasteiger partial charge in [-0.3, -0.25) is 0 Å². The minimum absolute atomic E-state index is 0.364. The molecular weight excluding hydrogens is 441 g/mol. The quantitative estimate of drug-likeness (QED) is 0.351. The summed E-state index contributed by atoms with van der Waals surface area (Å²) in [5.74, 6) is 0. The van der Waals surface area contributed by atoms with Crippen LogP contribution in [0.3, 0.4) is 0 Å². The zero-order chi connectivity index (χ0) is 21.7. The van der Waals surface area contributed by atoms with Crippen molar-refractivity contribution >= 4 is 33.0 Å². The lowest BCUT2D eigenvalue weighted by atomic mass is 9.79. The van der Waals surface area contributed by atoms with Gasteiger partial charge in [-0.2, -0.15) is 0 Å². The first-order valence-electron chi connectivity index (χ1n) is 7.10. The fraction of sp³-hybridized carbons (Fsp3) is 0.500. The molecule has 1 aromatic carbocycles. The van der Waals surface area contributed by atoms with Gasteiger partial charge < -0.3 is 9.31 Å². The van der Waals surface area contributed by atoms with Gasteiger partial charge in [0.05, 0.1) is 11.2 Å². The lowest BCUT2D eigenvalue weighted by Gasteiger charge is -2.44. The standard InChI is InChI=1S/C12H15BF10O2S2/c1-11(2)12(3,4)25-13(24-11)8-5-9(26(14,15,16,17)18)7-10(6-8)27(19,20,21,22)23/h5-7H,1-4H3. The molecule has 1 aliphatic rings. The average Bonchev–Trinajstić information content (AvgIpc) is 2.52. The lowest BCUT2D eigenvalue weighted by Crippen LogP contribution is -2.41. The average molecular weight is 456 g/mol. The normalized spacial score (nSPS) is 25.3. The smallest absolute Gasteiger partial charge is 0.399 e. The Labute approximate surface area is 148 Å². The molecule has 1 aliphatic heterocycles. The zero-order valence-electron chi connectivity index (χ0n) is 14.2. The van der Waals surface area contributed by atoms with E-state index in [1.165, 1.54) is 27.7 Å². The predicted octanol–water partition coefficient (Wildman–Crippen LogP) is 7.30. The molecule has 0 saturated carbocycles. The van der Waals surface area contributed by atoms with Crippen LogP contribution in [0.4, 0.5) is 38.9 Å². The Balaban J connectivity index is 2.79. The van der Waals surface area contributed by atoms with Crippen molar-refractivity contribution in [3.05, 3.63) is 18.2 Å². The van der Waals surface area contributed by atoms with Gasteiger partial charge in [-0.05, 0) is 51.4 Å². The summed E-state index contributed by atoms with van der Waals surface area (Å²) < 4.78 is 141. The highest BCUT2D eigenvalue weighted by atomic mass is 32.5. The third-order valence-corrected chi connectivity index (χ3v) is 6.57. The van der Waals surface area contributed by atoms with Gasteiger partial charge in [0.15, 0.2) is 0 Å². The fourth-order valence-electron chi connectivity index (χ4n) is 2.15. The van der Waals surface area contributed by atoms with Crippen LogP contribution in [0, 0.1) is 0 Å². The van der Waals surface area contributed by atoms with Crippen molar-refractivity contribution in [1.82, 2.24) is 0 Å². The summed E-state index contributed by atoms with van der Waals surface area (Å²) in [6.45, 7) is 5.53. The first-order chi connectivity index (χ1) is 11.1. The number of hydrogen-bond acceptors (Lipinski definition) is 2. The molecule has 0 aliphatic carbocycles. The highest BCUT2D eigenvalue weighted by Crippen LogP contribution is 3.05. The topological polar surface area (TPSA) is 18.5 Å². The van der Waals surface area contributed by atoms with Gasteiger partial charge in [-0.25, -0.2) is 0 Å². The van der Waals surface area contributed by atoms with E-state index >= 15 is 0 Å². The van der Waals surface area contributed by atoms with E-state index in [1.807, 2.05) is 0 Å². The van der Waals surface area contributed by atoms with Crippen LogP contribution in [0.2, 0.25) is 0 Å².